The van der Waals surface area contributed by atoms with Crippen LogP contribution < -0.4 is 10.5 Å². The fourth-order valence-corrected chi connectivity index (χ4v) is 2.72. The van der Waals surface area contributed by atoms with Crippen LogP contribution >= 0.6 is 12.2 Å². The molecule has 5 heteroatoms. The first-order valence-corrected chi connectivity index (χ1v) is 7.19. The van der Waals surface area contributed by atoms with E-state index in [1.54, 1.807) is 7.11 Å². The number of benzene rings is 1. The fraction of sp³-hybridized carbons (Fsp3) is 0.467. The Labute approximate surface area is 124 Å². The molecule has 1 atom stereocenters. The van der Waals surface area contributed by atoms with E-state index in [4.69, 9.17) is 22.7 Å². The lowest BCUT2D eigenvalue weighted by Gasteiger charge is -2.30. The van der Waals surface area contributed by atoms with E-state index in [2.05, 4.69) is 0 Å². The van der Waals surface area contributed by atoms with Crippen molar-refractivity contribution in [3.8, 4) is 5.75 Å². The minimum atomic E-state index is 0.126. The molecular formula is C15H20N2O2S. The molecule has 0 saturated carbocycles. The second kappa shape index (κ2) is 6.22. The third kappa shape index (κ3) is 3.10. The molecule has 1 amide bonds. The molecule has 108 valence electrons. The minimum Gasteiger partial charge on any atom is -0.496 e. The lowest BCUT2D eigenvalue weighted by molar-refractivity contribution is -0.138. The van der Waals surface area contributed by atoms with Gasteiger partial charge in [0.15, 0.2) is 0 Å². The van der Waals surface area contributed by atoms with Gasteiger partial charge < -0.3 is 15.4 Å². The number of thiocarbonyl (C=S) groups is 1. The molecule has 1 saturated heterocycles. The Morgan fingerprint density at radius 2 is 2.30 bits per heavy atom. The maximum absolute atomic E-state index is 12.1. The van der Waals surface area contributed by atoms with Crippen molar-refractivity contribution in [3.63, 3.8) is 0 Å². The average Bonchev–Trinajstić information content (AvgIpc) is 2.43. The van der Waals surface area contributed by atoms with Crippen LogP contribution in [0.25, 0.3) is 0 Å². The van der Waals surface area contributed by atoms with Gasteiger partial charge in [0.2, 0.25) is 5.91 Å². The number of amides is 1. The van der Waals surface area contributed by atoms with Gasteiger partial charge in [-0.3, -0.25) is 4.79 Å². The molecule has 2 rings (SSSR count). The number of hydrogen-bond acceptors (Lipinski definition) is 3. The van der Waals surface area contributed by atoms with E-state index in [1.807, 2.05) is 30.0 Å². The Morgan fingerprint density at radius 3 is 2.95 bits per heavy atom. The third-order valence-corrected chi connectivity index (χ3v) is 3.92. The van der Waals surface area contributed by atoms with Crippen molar-refractivity contribution in [1.29, 1.82) is 0 Å². The molecule has 1 aromatic carbocycles. The predicted octanol–water partition coefficient (Wildman–Crippen LogP) is 2.09. The topological polar surface area (TPSA) is 55.6 Å². The molecule has 1 heterocycles. The van der Waals surface area contributed by atoms with Gasteiger partial charge in [0.25, 0.3) is 0 Å². The second-order valence-corrected chi connectivity index (χ2v) is 5.64. The molecule has 0 bridgehead atoms. The summed E-state index contributed by atoms with van der Waals surface area (Å²) in [5.41, 5.74) is 7.41. The number of methoxy groups -OCH3 is 1. The van der Waals surface area contributed by atoms with Gasteiger partial charge in [-0.1, -0.05) is 25.2 Å². The molecule has 20 heavy (non-hydrogen) atoms. The van der Waals surface area contributed by atoms with E-state index < -0.39 is 0 Å². The summed E-state index contributed by atoms with van der Waals surface area (Å²) in [5, 5.41) is 0. The standard InChI is InChI=1S/C15H20N2O2S/c1-10-4-3-7-17(15(10)18)9-11-5-6-12(14(16)20)13(8-11)19-2/h5-6,8,10H,3-4,7,9H2,1-2H3,(H2,16,20). The van der Waals surface area contributed by atoms with Crippen LogP contribution in [-0.4, -0.2) is 29.5 Å². The number of ether oxygens (including phenoxy) is 1. The molecule has 4 nitrogen and oxygen atoms in total. The van der Waals surface area contributed by atoms with Crippen LogP contribution in [0.15, 0.2) is 18.2 Å². The van der Waals surface area contributed by atoms with Gasteiger partial charge in [-0.25, -0.2) is 0 Å². The Kier molecular flexibility index (Phi) is 4.60. The SMILES string of the molecule is COc1cc(CN2CCCC(C)C2=O)ccc1C(N)=S. The lowest BCUT2D eigenvalue weighted by Crippen LogP contribution is -2.39. The summed E-state index contributed by atoms with van der Waals surface area (Å²) in [6.07, 6.45) is 2.05. The molecule has 1 aromatic rings. The van der Waals surface area contributed by atoms with Crippen molar-refractivity contribution in [2.75, 3.05) is 13.7 Å². The number of piperidine rings is 1. The van der Waals surface area contributed by atoms with Gasteiger partial charge in [-0.2, -0.15) is 0 Å². The van der Waals surface area contributed by atoms with Gasteiger partial charge in [-0.15, -0.1) is 0 Å². The number of hydrogen-bond donors (Lipinski definition) is 1. The molecule has 1 unspecified atom stereocenters. The first-order valence-electron chi connectivity index (χ1n) is 6.78. The van der Waals surface area contributed by atoms with Crippen LogP contribution in [0.1, 0.15) is 30.9 Å². The Bertz CT molecular complexity index is 531. The molecule has 0 aliphatic carbocycles. The van der Waals surface area contributed by atoms with Crippen LogP contribution in [0.5, 0.6) is 5.75 Å². The van der Waals surface area contributed by atoms with Crippen molar-refractivity contribution < 1.29 is 9.53 Å². The summed E-state index contributed by atoms with van der Waals surface area (Å²) in [5.74, 6) is 1.02. The summed E-state index contributed by atoms with van der Waals surface area (Å²) in [6, 6.07) is 5.71. The maximum Gasteiger partial charge on any atom is 0.225 e. The minimum absolute atomic E-state index is 0.126. The molecular weight excluding hydrogens is 272 g/mol. The van der Waals surface area contributed by atoms with E-state index in [9.17, 15) is 4.79 Å². The monoisotopic (exact) mass is 292 g/mol. The Balaban J connectivity index is 2.17. The normalized spacial score (nSPS) is 19.0. The summed E-state index contributed by atoms with van der Waals surface area (Å²) in [4.78, 5) is 14.3. The zero-order chi connectivity index (χ0) is 14.7. The van der Waals surface area contributed by atoms with E-state index in [0.29, 0.717) is 17.3 Å². The largest absolute Gasteiger partial charge is 0.496 e. The second-order valence-electron chi connectivity index (χ2n) is 5.20. The van der Waals surface area contributed by atoms with Crippen LogP contribution in [0, 0.1) is 5.92 Å². The Hall–Kier alpha value is -1.62. The van der Waals surface area contributed by atoms with E-state index in [0.717, 1.165) is 30.5 Å². The molecule has 0 aromatic heterocycles. The number of carbonyl (C=O) groups excluding carboxylic acids is 1. The summed E-state index contributed by atoms with van der Waals surface area (Å²) in [7, 11) is 1.59. The zero-order valence-corrected chi connectivity index (χ0v) is 12.7. The van der Waals surface area contributed by atoms with Gasteiger partial charge in [0.1, 0.15) is 10.7 Å². The number of nitrogens with two attached hydrogens (primary N) is 1. The smallest absolute Gasteiger partial charge is 0.225 e. The van der Waals surface area contributed by atoms with Crippen LogP contribution in [0.4, 0.5) is 0 Å². The first kappa shape index (κ1) is 14.8. The molecule has 0 radical (unpaired) electrons. The molecule has 1 aliphatic heterocycles. The van der Waals surface area contributed by atoms with Crippen LogP contribution in [0.3, 0.4) is 0 Å². The molecule has 2 N–H and O–H groups in total. The predicted molar refractivity (Wildman–Crippen MR) is 82.7 cm³/mol. The van der Waals surface area contributed by atoms with E-state index >= 15 is 0 Å². The molecule has 1 fully saturated rings. The molecule has 1 aliphatic rings. The highest BCUT2D eigenvalue weighted by Gasteiger charge is 2.25. The number of carbonyl (C=O) groups is 1. The summed E-state index contributed by atoms with van der Waals surface area (Å²) < 4.78 is 5.31. The maximum atomic E-state index is 12.1. The Morgan fingerprint density at radius 1 is 1.55 bits per heavy atom. The highest BCUT2D eigenvalue weighted by atomic mass is 32.1. The quantitative estimate of drug-likeness (QED) is 0.863. The van der Waals surface area contributed by atoms with Gasteiger partial charge >= 0.3 is 0 Å². The van der Waals surface area contributed by atoms with E-state index in [1.165, 1.54) is 0 Å². The average molecular weight is 292 g/mol. The van der Waals surface area contributed by atoms with Crippen molar-refractivity contribution in [2.45, 2.75) is 26.3 Å². The van der Waals surface area contributed by atoms with Crippen LogP contribution in [0.2, 0.25) is 0 Å². The highest BCUT2D eigenvalue weighted by Crippen LogP contribution is 2.23. The fourth-order valence-electron chi connectivity index (χ4n) is 2.55. The zero-order valence-electron chi connectivity index (χ0n) is 11.9. The lowest BCUT2D eigenvalue weighted by atomic mass is 9.98. The van der Waals surface area contributed by atoms with Gasteiger partial charge in [0, 0.05) is 19.0 Å². The van der Waals surface area contributed by atoms with Gasteiger partial charge in [-0.05, 0) is 30.5 Å². The number of likely N-dealkylation sites (tertiary alicyclic amines) is 1. The van der Waals surface area contributed by atoms with Gasteiger partial charge in [0.05, 0.1) is 12.7 Å². The summed E-state index contributed by atoms with van der Waals surface area (Å²) in [6.45, 7) is 3.42. The van der Waals surface area contributed by atoms with Crippen molar-refractivity contribution in [1.82, 2.24) is 4.90 Å². The number of rotatable bonds is 4. The van der Waals surface area contributed by atoms with Crippen molar-refractivity contribution in [3.05, 3.63) is 29.3 Å². The third-order valence-electron chi connectivity index (χ3n) is 3.70. The number of nitrogens with zero attached hydrogens (tertiary/aromatic N) is 1. The van der Waals surface area contributed by atoms with E-state index in [-0.39, 0.29) is 11.8 Å². The molecule has 0 spiro atoms. The summed E-state index contributed by atoms with van der Waals surface area (Å²) >= 11 is 4.99. The van der Waals surface area contributed by atoms with Crippen LogP contribution in [-0.2, 0) is 11.3 Å². The van der Waals surface area contributed by atoms with Crippen molar-refractivity contribution >= 4 is 23.1 Å². The highest BCUT2D eigenvalue weighted by molar-refractivity contribution is 7.80. The van der Waals surface area contributed by atoms with Crippen molar-refractivity contribution in [2.24, 2.45) is 11.7 Å². The first-order chi connectivity index (χ1) is 9.52.